The number of hydrogen-bond acceptors (Lipinski definition) is 5. The number of halogens is 3. The first-order valence-corrected chi connectivity index (χ1v) is 10.1. The number of amides is 1. The van der Waals surface area contributed by atoms with E-state index < -0.39 is 17.5 Å². The quantitative estimate of drug-likeness (QED) is 0.602. The lowest BCUT2D eigenvalue weighted by Crippen LogP contribution is -2.40. The number of aromatic nitrogens is 1. The third-order valence-electron chi connectivity index (χ3n) is 4.59. The molecular formula is C21H17F3N2O3S. The highest BCUT2D eigenvalue weighted by Gasteiger charge is 2.22. The van der Waals surface area contributed by atoms with Crippen LogP contribution in [0.1, 0.15) is 16.1 Å². The minimum absolute atomic E-state index is 0.0330. The normalized spacial score (nSPS) is 14.0. The molecule has 30 heavy (non-hydrogen) atoms. The van der Waals surface area contributed by atoms with Crippen LogP contribution in [0.25, 0.3) is 10.6 Å². The van der Waals surface area contributed by atoms with Crippen LogP contribution in [-0.2, 0) is 11.3 Å². The number of ether oxygens (including phenoxy) is 2. The molecule has 4 rings (SSSR count). The highest BCUT2D eigenvalue weighted by Crippen LogP contribution is 2.30. The predicted molar refractivity (Wildman–Crippen MR) is 105 cm³/mol. The molecule has 0 atom stereocenters. The second-order valence-electron chi connectivity index (χ2n) is 6.61. The maximum absolute atomic E-state index is 14.6. The van der Waals surface area contributed by atoms with E-state index in [1.807, 2.05) is 0 Å². The summed E-state index contributed by atoms with van der Waals surface area (Å²) in [5, 5.41) is 1.97. The van der Waals surface area contributed by atoms with Crippen molar-refractivity contribution in [3.63, 3.8) is 0 Å². The average Bonchev–Trinajstić information content (AvgIpc) is 3.24. The molecule has 156 valence electrons. The van der Waals surface area contributed by atoms with E-state index in [1.54, 1.807) is 10.3 Å². The van der Waals surface area contributed by atoms with E-state index in [0.717, 1.165) is 24.3 Å². The number of carbonyl (C=O) groups excluding carboxylic acids is 1. The van der Waals surface area contributed by atoms with E-state index in [0.29, 0.717) is 31.3 Å². The van der Waals surface area contributed by atoms with Crippen LogP contribution in [0, 0.1) is 17.5 Å². The molecule has 2 aromatic carbocycles. The van der Waals surface area contributed by atoms with Crippen molar-refractivity contribution >= 4 is 17.2 Å². The standard InChI is InChI=1S/C21H17F3N2O3S/c22-14-1-4-17(23)13(9-14)11-29-15-2-3-16(18(24)10-15)20-25-19(12-30-20)21(27)26-5-7-28-8-6-26/h1-4,9-10,12H,5-8,11H2. The van der Waals surface area contributed by atoms with Crippen molar-refractivity contribution in [2.45, 2.75) is 6.61 Å². The topological polar surface area (TPSA) is 51.7 Å². The Hall–Kier alpha value is -2.91. The van der Waals surface area contributed by atoms with E-state index in [-0.39, 0.29) is 35.1 Å². The van der Waals surface area contributed by atoms with Crippen molar-refractivity contribution in [2.75, 3.05) is 26.3 Å². The van der Waals surface area contributed by atoms with E-state index in [2.05, 4.69) is 4.98 Å². The number of nitrogens with zero attached hydrogens (tertiary/aromatic N) is 2. The van der Waals surface area contributed by atoms with Crippen molar-refractivity contribution in [3.05, 3.63) is 70.5 Å². The molecule has 1 saturated heterocycles. The first-order chi connectivity index (χ1) is 14.5. The molecule has 3 aromatic rings. The van der Waals surface area contributed by atoms with Crippen molar-refractivity contribution < 1.29 is 27.4 Å². The van der Waals surface area contributed by atoms with Gasteiger partial charge in [0.05, 0.1) is 13.2 Å². The van der Waals surface area contributed by atoms with Crippen molar-refractivity contribution in [3.8, 4) is 16.3 Å². The molecule has 0 bridgehead atoms. The van der Waals surface area contributed by atoms with Gasteiger partial charge in [-0.05, 0) is 30.3 Å². The number of benzene rings is 2. The lowest BCUT2D eigenvalue weighted by Gasteiger charge is -2.25. The Balaban J connectivity index is 1.46. The van der Waals surface area contributed by atoms with E-state index in [4.69, 9.17) is 9.47 Å². The zero-order valence-corrected chi connectivity index (χ0v) is 16.6. The summed E-state index contributed by atoms with van der Waals surface area (Å²) < 4.78 is 52.1. The van der Waals surface area contributed by atoms with Crippen LogP contribution in [0.5, 0.6) is 5.75 Å². The Kier molecular flexibility index (Phi) is 6.01. The lowest BCUT2D eigenvalue weighted by molar-refractivity contribution is 0.0299. The molecule has 2 heterocycles. The van der Waals surface area contributed by atoms with E-state index >= 15 is 0 Å². The molecule has 0 unspecified atom stereocenters. The molecule has 1 aliphatic rings. The van der Waals surface area contributed by atoms with Crippen LogP contribution in [0.3, 0.4) is 0 Å². The van der Waals surface area contributed by atoms with Gasteiger partial charge in [0.1, 0.15) is 40.5 Å². The van der Waals surface area contributed by atoms with Gasteiger partial charge >= 0.3 is 0 Å². The van der Waals surface area contributed by atoms with Gasteiger partial charge in [-0.1, -0.05) is 0 Å². The van der Waals surface area contributed by atoms with Crippen LogP contribution >= 0.6 is 11.3 Å². The maximum Gasteiger partial charge on any atom is 0.273 e. The van der Waals surface area contributed by atoms with Crippen molar-refractivity contribution in [1.29, 1.82) is 0 Å². The fourth-order valence-corrected chi connectivity index (χ4v) is 3.82. The van der Waals surface area contributed by atoms with Gasteiger partial charge in [0.15, 0.2) is 0 Å². The Morgan fingerprint density at radius 3 is 2.67 bits per heavy atom. The zero-order valence-electron chi connectivity index (χ0n) is 15.7. The van der Waals surface area contributed by atoms with Gasteiger partial charge in [-0.2, -0.15) is 0 Å². The molecule has 0 saturated carbocycles. The van der Waals surface area contributed by atoms with E-state index in [1.165, 1.54) is 23.5 Å². The molecule has 0 aliphatic carbocycles. The van der Waals surface area contributed by atoms with Crippen LogP contribution in [0.4, 0.5) is 13.2 Å². The zero-order chi connectivity index (χ0) is 21.1. The highest BCUT2D eigenvalue weighted by molar-refractivity contribution is 7.13. The number of thiazole rings is 1. The molecule has 1 aliphatic heterocycles. The van der Waals surface area contributed by atoms with Crippen molar-refractivity contribution in [1.82, 2.24) is 9.88 Å². The van der Waals surface area contributed by atoms with Crippen molar-refractivity contribution in [2.24, 2.45) is 0 Å². The van der Waals surface area contributed by atoms with Gasteiger partial charge in [0.25, 0.3) is 5.91 Å². The number of morpholine rings is 1. The predicted octanol–water partition coefficient (Wildman–Crippen LogP) is 4.28. The Morgan fingerprint density at radius 1 is 1.10 bits per heavy atom. The van der Waals surface area contributed by atoms with Gasteiger partial charge in [-0.15, -0.1) is 11.3 Å². The van der Waals surface area contributed by atoms with Gasteiger partial charge in [-0.25, -0.2) is 18.2 Å². The summed E-state index contributed by atoms with van der Waals surface area (Å²) in [7, 11) is 0. The summed E-state index contributed by atoms with van der Waals surface area (Å²) in [6, 6.07) is 7.20. The second kappa shape index (κ2) is 8.85. The second-order valence-corrected chi connectivity index (χ2v) is 7.47. The maximum atomic E-state index is 14.6. The summed E-state index contributed by atoms with van der Waals surface area (Å²) in [4.78, 5) is 18.4. The Morgan fingerprint density at radius 2 is 1.90 bits per heavy atom. The van der Waals surface area contributed by atoms with Gasteiger partial charge < -0.3 is 14.4 Å². The molecule has 1 fully saturated rings. The highest BCUT2D eigenvalue weighted by atomic mass is 32.1. The van der Waals surface area contributed by atoms with Crippen LogP contribution in [0.2, 0.25) is 0 Å². The summed E-state index contributed by atoms with van der Waals surface area (Å²) in [6.45, 7) is 1.73. The van der Waals surface area contributed by atoms with Crippen LogP contribution < -0.4 is 4.74 Å². The van der Waals surface area contributed by atoms with Crippen LogP contribution in [0.15, 0.2) is 41.8 Å². The Labute approximate surface area is 174 Å². The van der Waals surface area contributed by atoms with E-state index in [9.17, 15) is 18.0 Å². The van der Waals surface area contributed by atoms with Crippen LogP contribution in [-0.4, -0.2) is 42.1 Å². The summed E-state index contributed by atoms with van der Waals surface area (Å²) >= 11 is 1.17. The van der Waals surface area contributed by atoms with Gasteiger partial charge in [0, 0.05) is 35.7 Å². The third-order valence-corrected chi connectivity index (χ3v) is 5.47. The SMILES string of the molecule is O=C(c1csc(-c2ccc(OCc3cc(F)ccc3F)cc2F)n1)N1CCOCC1. The molecule has 0 N–H and O–H groups in total. The molecular weight excluding hydrogens is 417 g/mol. The molecule has 9 heteroatoms. The smallest absolute Gasteiger partial charge is 0.273 e. The summed E-state index contributed by atoms with van der Waals surface area (Å²) in [5.41, 5.74) is 0.522. The number of rotatable bonds is 5. The van der Waals surface area contributed by atoms with Gasteiger partial charge in [0.2, 0.25) is 0 Å². The summed E-state index contributed by atoms with van der Waals surface area (Å²) in [6.07, 6.45) is 0. The fraction of sp³-hybridized carbons (Fsp3) is 0.238. The molecule has 1 aromatic heterocycles. The minimum atomic E-state index is -0.603. The fourth-order valence-electron chi connectivity index (χ4n) is 3.00. The molecule has 1 amide bonds. The average molecular weight is 434 g/mol. The number of hydrogen-bond donors (Lipinski definition) is 0. The molecule has 0 spiro atoms. The third kappa shape index (κ3) is 4.47. The number of carbonyl (C=O) groups is 1. The van der Waals surface area contributed by atoms with Gasteiger partial charge in [-0.3, -0.25) is 4.79 Å². The monoisotopic (exact) mass is 434 g/mol. The largest absolute Gasteiger partial charge is 0.489 e. The minimum Gasteiger partial charge on any atom is -0.489 e. The first-order valence-electron chi connectivity index (χ1n) is 9.20. The molecule has 0 radical (unpaired) electrons. The molecule has 5 nitrogen and oxygen atoms in total. The first kappa shape index (κ1) is 20.4. The summed E-state index contributed by atoms with van der Waals surface area (Å²) in [5.74, 6) is -1.82. The lowest BCUT2D eigenvalue weighted by atomic mass is 10.2. The Bertz CT molecular complexity index is 1070.